The van der Waals surface area contributed by atoms with Crippen molar-refractivity contribution in [2.75, 3.05) is 6.61 Å². The number of ether oxygens (including phenoxy) is 1. The summed E-state index contributed by atoms with van der Waals surface area (Å²) in [5.41, 5.74) is 0.639. The summed E-state index contributed by atoms with van der Waals surface area (Å²) in [6.45, 7) is 7.89. The van der Waals surface area contributed by atoms with Gasteiger partial charge in [0.15, 0.2) is 0 Å². The molecule has 0 heterocycles. The van der Waals surface area contributed by atoms with Crippen LogP contribution in [0.5, 0.6) is 5.75 Å². The Labute approximate surface area is 96.1 Å². The minimum Gasteiger partial charge on any atom is -0.490 e. The van der Waals surface area contributed by atoms with Gasteiger partial charge in [0.1, 0.15) is 12.4 Å². The zero-order valence-electron chi connectivity index (χ0n) is 9.69. The number of hydrogen-bond acceptors (Lipinski definition) is 2. The Balaban J connectivity index is 2.63. The largest absolute Gasteiger partial charge is 0.490 e. The molecule has 3 heteroatoms. The first-order valence-electron chi connectivity index (χ1n) is 5.28. The Kier molecular flexibility index (Phi) is 4.58. The first-order chi connectivity index (χ1) is 7.63. The van der Waals surface area contributed by atoms with Crippen molar-refractivity contribution in [3.05, 3.63) is 42.5 Å². The lowest BCUT2D eigenvalue weighted by molar-refractivity contribution is 0.0943. The van der Waals surface area contributed by atoms with Gasteiger partial charge in [0.2, 0.25) is 0 Å². The molecular weight excluding hydrogens is 202 g/mol. The van der Waals surface area contributed by atoms with Crippen LogP contribution < -0.4 is 10.1 Å². The van der Waals surface area contributed by atoms with Crippen LogP contribution in [0, 0.1) is 0 Å². The molecule has 0 aliphatic heterocycles. The molecule has 0 fully saturated rings. The Morgan fingerprint density at radius 3 is 2.56 bits per heavy atom. The first-order valence-corrected chi connectivity index (χ1v) is 5.28. The number of amides is 1. The summed E-state index contributed by atoms with van der Waals surface area (Å²) in [5, 5.41) is 2.83. The molecule has 1 aromatic carbocycles. The average molecular weight is 219 g/mol. The fourth-order valence-electron chi connectivity index (χ4n) is 1.20. The van der Waals surface area contributed by atoms with Crippen LogP contribution in [0.2, 0.25) is 0 Å². The van der Waals surface area contributed by atoms with E-state index >= 15 is 0 Å². The van der Waals surface area contributed by atoms with E-state index in [1.165, 1.54) is 0 Å². The van der Waals surface area contributed by atoms with E-state index in [1.807, 2.05) is 13.8 Å². The summed E-state index contributed by atoms with van der Waals surface area (Å²) < 4.78 is 5.32. The number of benzene rings is 1. The van der Waals surface area contributed by atoms with Gasteiger partial charge in [0, 0.05) is 11.6 Å². The summed E-state index contributed by atoms with van der Waals surface area (Å²) in [6, 6.07) is 7.19. The van der Waals surface area contributed by atoms with E-state index < -0.39 is 0 Å². The van der Waals surface area contributed by atoms with Crippen molar-refractivity contribution in [2.24, 2.45) is 0 Å². The Morgan fingerprint density at radius 1 is 1.44 bits per heavy atom. The number of rotatable bonds is 5. The van der Waals surface area contributed by atoms with E-state index in [9.17, 15) is 4.79 Å². The highest BCUT2D eigenvalue weighted by Gasteiger charge is 2.06. The minimum atomic E-state index is -0.0646. The van der Waals surface area contributed by atoms with Crippen molar-refractivity contribution in [1.82, 2.24) is 5.32 Å². The predicted molar refractivity (Wildman–Crippen MR) is 64.7 cm³/mol. The van der Waals surface area contributed by atoms with Gasteiger partial charge in [0.05, 0.1) is 0 Å². The average Bonchev–Trinajstić information content (AvgIpc) is 2.26. The standard InChI is InChI=1S/C13H17NO2/c1-4-9-16-12-7-5-11(6-8-12)13(15)14-10(2)3/h4-8,10H,1,9H2,2-3H3,(H,14,15). The molecule has 0 atom stereocenters. The molecule has 1 amide bonds. The van der Waals surface area contributed by atoms with Gasteiger partial charge < -0.3 is 10.1 Å². The van der Waals surface area contributed by atoms with Crippen molar-refractivity contribution >= 4 is 5.91 Å². The fraction of sp³-hybridized carbons (Fsp3) is 0.308. The van der Waals surface area contributed by atoms with E-state index in [1.54, 1.807) is 30.3 Å². The highest BCUT2D eigenvalue weighted by atomic mass is 16.5. The molecule has 16 heavy (non-hydrogen) atoms. The lowest BCUT2D eigenvalue weighted by Gasteiger charge is -2.08. The molecule has 0 spiro atoms. The van der Waals surface area contributed by atoms with Crippen LogP contribution in [-0.4, -0.2) is 18.6 Å². The highest BCUT2D eigenvalue weighted by molar-refractivity contribution is 5.94. The molecule has 1 N–H and O–H groups in total. The van der Waals surface area contributed by atoms with Gasteiger partial charge in [-0.1, -0.05) is 12.7 Å². The van der Waals surface area contributed by atoms with Gasteiger partial charge in [0.25, 0.3) is 5.91 Å². The topological polar surface area (TPSA) is 38.3 Å². The summed E-state index contributed by atoms with van der Waals surface area (Å²) in [4.78, 5) is 11.6. The predicted octanol–water partition coefficient (Wildman–Crippen LogP) is 2.39. The first kappa shape index (κ1) is 12.3. The number of nitrogens with one attached hydrogen (secondary N) is 1. The van der Waals surface area contributed by atoms with E-state index in [-0.39, 0.29) is 11.9 Å². The van der Waals surface area contributed by atoms with E-state index in [4.69, 9.17) is 4.74 Å². The van der Waals surface area contributed by atoms with Gasteiger partial charge in [-0.2, -0.15) is 0 Å². The van der Waals surface area contributed by atoms with Gasteiger partial charge in [-0.25, -0.2) is 0 Å². The van der Waals surface area contributed by atoms with Crippen molar-refractivity contribution in [2.45, 2.75) is 19.9 Å². The molecule has 0 bridgehead atoms. The zero-order valence-corrected chi connectivity index (χ0v) is 9.69. The van der Waals surface area contributed by atoms with Crippen LogP contribution in [0.4, 0.5) is 0 Å². The quantitative estimate of drug-likeness (QED) is 0.772. The summed E-state index contributed by atoms with van der Waals surface area (Å²) >= 11 is 0. The van der Waals surface area contributed by atoms with Gasteiger partial charge in [-0.15, -0.1) is 0 Å². The van der Waals surface area contributed by atoms with E-state index in [0.29, 0.717) is 12.2 Å². The van der Waals surface area contributed by atoms with Crippen molar-refractivity contribution in [3.63, 3.8) is 0 Å². The lowest BCUT2D eigenvalue weighted by Crippen LogP contribution is -2.29. The van der Waals surface area contributed by atoms with Gasteiger partial charge >= 0.3 is 0 Å². The molecule has 3 nitrogen and oxygen atoms in total. The lowest BCUT2D eigenvalue weighted by atomic mass is 10.2. The summed E-state index contributed by atoms with van der Waals surface area (Å²) in [5.74, 6) is 0.672. The van der Waals surface area contributed by atoms with Crippen molar-refractivity contribution in [3.8, 4) is 5.75 Å². The van der Waals surface area contributed by atoms with Crippen LogP contribution >= 0.6 is 0 Å². The third kappa shape index (κ3) is 3.77. The molecule has 1 aromatic rings. The minimum absolute atomic E-state index is 0.0646. The van der Waals surface area contributed by atoms with Crippen molar-refractivity contribution in [1.29, 1.82) is 0 Å². The Morgan fingerprint density at radius 2 is 2.06 bits per heavy atom. The Hall–Kier alpha value is -1.77. The van der Waals surface area contributed by atoms with E-state index in [0.717, 1.165) is 5.75 Å². The highest BCUT2D eigenvalue weighted by Crippen LogP contribution is 2.12. The third-order valence-corrected chi connectivity index (χ3v) is 1.90. The maximum atomic E-state index is 11.6. The zero-order chi connectivity index (χ0) is 12.0. The second-order valence-corrected chi connectivity index (χ2v) is 3.75. The van der Waals surface area contributed by atoms with Gasteiger partial charge in [-0.3, -0.25) is 4.79 Å². The molecular formula is C13H17NO2. The molecule has 0 unspecified atom stereocenters. The monoisotopic (exact) mass is 219 g/mol. The van der Waals surface area contributed by atoms with Crippen LogP contribution in [0.25, 0.3) is 0 Å². The molecule has 0 aliphatic carbocycles. The molecule has 0 aliphatic rings. The summed E-state index contributed by atoms with van der Waals surface area (Å²) in [7, 11) is 0. The molecule has 0 saturated heterocycles. The summed E-state index contributed by atoms with van der Waals surface area (Å²) in [6.07, 6.45) is 1.68. The SMILES string of the molecule is C=CCOc1ccc(C(=O)NC(C)C)cc1. The van der Waals surface area contributed by atoms with Crippen LogP contribution in [-0.2, 0) is 0 Å². The molecule has 0 radical (unpaired) electrons. The van der Waals surface area contributed by atoms with Crippen LogP contribution in [0.15, 0.2) is 36.9 Å². The Bertz CT molecular complexity index is 355. The van der Waals surface area contributed by atoms with Gasteiger partial charge in [-0.05, 0) is 38.1 Å². The number of carbonyl (C=O) groups is 1. The fourth-order valence-corrected chi connectivity index (χ4v) is 1.20. The maximum Gasteiger partial charge on any atom is 0.251 e. The number of carbonyl (C=O) groups excluding carboxylic acids is 1. The molecule has 0 saturated carbocycles. The van der Waals surface area contributed by atoms with Crippen molar-refractivity contribution < 1.29 is 9.53 Å². The molecule has 0 aromatic heterocycles. The van der Waals surface area contributed by atoms with Crippen LogP contribution in [0.3, 0.4) is 0 Å². The molecule has 1 rings (SSSR count). The second-order valence-electron chi connectivity index (χ2n) is 3.75. The molecule has 86 valence electrons. The number of hydrogen-bond donors (Lipinski definition) is 1. The van der Waals surface area contributed by atoms with E-state index in [2.05, 4.69) is 11.9 Å². The smallest absolute Gasteiger partial charge is 0.251 e. The normalized spacial score (nSPS) is 9.94. The van der Waals surface area contributed by atoms with Crippen LogP contribution in [0.1, 0.15) is 24.2 Å². The second kappa shape index (κ2) is 5.95. The maximum absolute atomic E-state index is 11.6. The third-order valence-electron chi connectivity index (χ3n) is 1.90.